The minimum Gasteiger partial charge on any atom is -0.325 e. The number of benzene rings is 2. The van der Waals surface area contributed by atoms with E-state index in [9.17, 15) is 14.0 Å². The van der Waals surface area contributed by atoms with Gasteiger partial charge in [-0.3, -0.25) is 14.5 Å². The zero-order valence-corrected chi connectivity index (χ0v) is 17.5. The van der Waals surface area contributed by atoms with Gasteiger partial charge < -0.3 is 5.32 Å². The summed E-state index contributed by atoms with van der Waals surface area (Å²) in [5.41, 5.74) is 1.08. The molecule has 0 saturated carbocycles. The van der Waals surface area contributed by atoms with Crippen molar-refractivity contribution >= 4 is 62.7 Å². The van der Waals surface area contributed by atoms with Crippen molar-refractivity contribution in [1.82, 2.24) is 4.90 Å². The predicted octanol–water partition coefficient (Wildman–Crippen LogP) is 4.41. The van der Waals surface area contributed by atoms with E-state index in [2.05, 4.69) is 32.9 Å². The molecule has 1 atom stereocenters. The van der Waals surface area contributed by atoms with Crippen LogP contribution in [0.1, 0.15) is 13.3 Å². The standard InChI is InChI=1S/C19H17FIN3O2S/c1-2-24-17(25)11-16(18(26)22-14-8-6-13(21)7-9-14)27-19(24)23-15-5-3-4-12(20)10-15/h3-10,16H,2,11H2,1H3,(H,22,26)/t16-/m1/s1. The maximum absolute atomic E-state index is 13.4. The van der Waals surface area contributed by atoms with Crippen molar-refractivity contribution in [2.24, 2.45) is 4.99 Å². The molecule has 5 nitrogen and oxygen atoms in total. The molecule has 1 saturated heterocycles. The highest BCUT2D eigenvalue weighted by Crippen LogP contribution is 2.30. The van der Waals surface area contributed by atoms with E-state index in [0.29, 0.717) is 23.1 Å². The molecule has 2 aromatic rings. The SMILES string of the molecule is CCN1C(=O)C[C@H](C(=O)Nc2ccc(I)cc2)SC1=Nc1cccc(F)c1. The third kappa shape index (κ3) is 5.07. The van der Waals surface area contributed by atoms with Gasteiger partial charge in [-0.2, -0.15) is 0 Å². The fourth-order valence-electron chi connectivity index (χ4n) is 2.56. The molecule has 0 unspecified atom stereocenters. The lowest BCUT2D eigenvalue weighted by molar-refractivity contribution is -0.129. The molecule has 2 aromatic carbocycles. The minimum atomic E-state index is -0.591. The van der Waals surface area contributed by atoms with Crippen LogP contribution in [0.5, 0.6) is 0 Å². The Bertz CT molecular complexity index is 889. The lowest BCUT2D eigenvalue weighted by atomic mass is 10.2. The van der Waals surface area contributed by atoms with Gasteiger partial charge in [-0.25, -0.2) is 9.38 Å². The number of halogens is 2. The Hall–Kier alpha value is -1.94. The molecule has 3 rings (SSSR count). The number of rotatable bonds is 4. The number of nitrogens with one attached hydrogen (secondary N) is 1. The molecule has 0 radical (unpaired) electrons. The Kier molecular flexibility index (Phi) is 6.48. The molecule has 0 aliphatic carbocycles. The third-order valence-corrected chi connectivity index (χ3v) is 5.80. The van der Waals surface area contributed by atoms with Crippen LogP contribution < -0.4 is 5.32 Å². The minimum absolute atomic E-state index is 0.0941. The maximum Gasteiger partial charge on any atom is 0.238 e. The number of amides is 2. The molecule has 1 aliphatic rings. The van der Waals surface area contributed by atoms with Gasteiger partial charge >= 0.3 is 0 Å². The van der Waals surface area contributed by atoms with Crippen LogP contribution in [0.4, 0.5) is 15.8 Å². The van der Waals surface area contributed by atoms with Crippen LogP contribution >= 0.6 is 34.4 Å². The first kappa shape index (κ1) is 19.8. The van der Waals surface area contributed by atoms with Crippen LogP contribution in [-0.2, 0) is 9.59 Å². The lowest BCUT2D eigenvalue weighted by Crippen LogP contribution is -2.45. The van der Waals surface area contributed by atoms with E-state index in [0.717, 1.165) is 3.57 Å². The fourth-order valence-corrected chi connectivity index (χ4v) is 4.09. The second-order valence-electron chi connectivity index (χ2n) is 5.82. The van der Waals surface area contributed by atoms with E-state index in [1.807, 2.05) is 31.2 Å². The molecule has 1 N–H and O–H groups in total. The molecule has 27 heavy (non-hydrogen) atoms. The number of carbonyl (C=O) groups is 2. The predicted molar refractivity (Wildman–Crippen MR) is 115 cm³/mol. The topological polar surface area (TPSA) is 61.8 Å². The zero-order chi connectivity index (χ0) is 19.4. The van der Waals surface area contributed by atoms with Gasteiger partial charge in [0.05, 0.1) is 5.69 Å². The van der Waals surface area contributed by atoms with E-state index in [1.165, 1.54) is 28.8 Å². The second-order valence-corrected chi connectivity index (χ2v) is 8.23. The highest BCUT2D eigenvalue weighted by molar-refractivity contribution is 14.1. The van der Waals surface area contributed by atoms with Gasteiger partial charge in [0.15, 0.2) is 5.17 Å². The zero-order valence-electron chi connectivity index (χ0n) is 14.5. The first-order chi connectivity index (χ1) is 13.0. The van der Waals surface area contributed by atoms with Crippen LogP contribution in [0, 0.1) is 9.39 Å². The number of aliphatic imine (C=N–C) groups is 1. The van der Waals surface area contributed by atoms with Crippen molar-refractivity contribution in [3.05, 3.63) is 57.9 Å². The maximum atomic E-state index is 13.4. The van der Waals surface area contributed by atoms with Crippen LogP contribution in [-0.4, -0.2) is 33.7 Å². The molecular formula is C19H17FIN3O2S. The molecule has 0 aromatic heterocycles. The highest BCUT2D eigenvalue weighted by atomic mass is 127. The monoisotopic (exact) mass is 497 g/mol. The molecule has 1 fully saturated rings. The number of thioether (sulfide) groups is 1. The van der Waals surface area contributed by atoms with Crippen LogP contribution in [0.15, 0.2) is 53.5 Å². The number of nitrogens with zero attached hydrogens (tertiary/aromatic N) is 2. The van der Waals surface area contributed by atoms with Gasteiger partial charge in [0.25, 0.3) is 0 Å². The van der Waals surface area contributed by atoms with Crippen LogP contribution in [0.25, 0.3) is 0 Å². The van der Waals surface area contributed by atoms with E-state index >= 15 is 0 Å². The molecule has 140 valence electrons. The Morgan fingerprint density at radius 1 is 1.33 bits per heavy atom. The molecule has 1 heterocycles. The quantitative estimate of drug-likeness (QED) is 0.637. The molecular weight excluding hydrogens is 480 g/mol. The molecule has 1 aliphatic heterocycles. The van der Waals surface area contributed by atoms with Crippen molar-refractivity contribution in [1.29, 1.82) is 0 Å². The van der Waals surface area contributed by atoms with E-state index in [-0.39, 0.29) is 18.2 Å². The third-order valence-electron chi connectivity index (χ3n) is 3.89. The molecule has 8 heteroatoms. The number of carbonyl (C=O) groups excluding carboxylic acids is 2. The van der Waals surface area contributed by atoms with E-state index in [4.69, 9.17) is 0 Å². The summed E-state index contributed by atoms with van der Waals surface area (Å²) in [5, 5.41) is 2.65. The summed E-state index contributed by atoms with van der Waals surface area (Å²) >= 11 is 3.41. The van der Waals surface area contributed by atoms with Crippen molar-refractivity contribution in [3.8, 4) is 0 Å². The molecule has 0 spiro atoms. The van der Waals surface area contributed by atoms with Crippen LogP contribution in [0.3, 0.4) is 0 Å². The summed E-state index contributed by atoms with van der Waals surface area (Å²) in [6.07, 6.45) is 0.0941. The summed E-state index contributed by atoms with van der Waals surface area (Å²) in [6, 6.07) is 13.3. The molecule has 2 amide bonds. The largest absolute Gasteiger partial charge is 0.325 e. The van der Waals surface area contributed by atoms with Crippen molar-refractivity contribution in [2.75, 3.05) is 11.9 Å². The van der Waals surface area contributed by atoms with Gasteiger partial charge in [0, 0.05) is 22.2 Å². The van der Waals surface area contributed by atoms with Gasteiger partial charge in [0.1, 0.15) is 11.1 Å². The molecule has 0 bridgehead atoms. The summed E-state index contributed by atoms with van der Waals surface area (Å²) < 4.78 is 14.5. The average Bonchev–Trinajstić information content (AvgIpc) is 2.63. The number of hydrogen-bond donors (Lipinski definition) is 1. The Morgan fingerprint density at radius 3 is 2.74 bits per heavy atom. The van der Waals surface area contributed by atoms with Gasteiger partial charge in [0.2, 0.25) is 11.8 Å². The average molecular weight is 497 g/mol. The lowest BCUT2D eigenvalue weighted by Gasteiger charge is -2.30. The fraction of sp³-hybridized carbons (Fsp3) is 0.211. The Morgan fingerprint density at radius 2 is 2.07 bits per heavy atom. The summed E-state index contributed by atoms with van der Waals surface area (Å²) in [7, 11) is 0. The van der Waals surface area contributed by atoms with Gasteiger partial charge in [-0.1, -0.05) is 17.8 Å². The van der Waals surface area contributed by atoms with Gasteiger partial charge in [-0.15, -0.1) is 0 Å². The Labute approximate surface area is 174 Å². The smallest absolute Gasteiger partial charge is 0.238 e. The van der Waals surface area contributed by atoms with Crippen molar-refractivity contribution < 1.29 is 14.0 Å². The van der Waals surface area contributed by atoms with Crippen molar-refractivity contribution in [2.45, 2.75) is 18.6 Å². The van der Waals surface area contributed by atoms with Crippen molar-refractivity contribution in [3.63, 3.8) is 0 Å². The number of amidine groups is 1. The van der Waals surface area contributed by atoms with E-state index in [1.54, 1.807) is 12.1 Å². The summed E-state index contributed by atoms with van der Waals surface area (Å²) in [6.45, 7) is 2.27. The first-order valence-corrected chi connectivity index (χ1v) is 10.3. The summed E-state index contributed by atoms with van der Waals surface area (Å²) in [5.74, 6) is -0.827. The number of anilines is 1. The first-order valence-electron chi connectivity index (χ1n) is 8.34. The van der Waals surface area contributed by atoms with E-state index < -0.39 is 11.1 Å². The normalized spacial score (nSPS) is 18.6. The number of hydrogen-bond acceptors (Lipinski definition) is 4. The second kappa shape index (κ2) is 8.83. The van der Waals surface area contributed by atoms with Crippen LogP contribution in [0.2, 0.25) is 0 Å². The Balaban J connectivity index is 1.80. The van der Waals surface area contributed by atoms with Gasteiger partial charge in [-0.05, 0) is 72.0 Å². The highest BCUT2D eigenvalue weighted by Gasteiger charge is 2.35. The summed E-state index contributed by atoms with van der Waals surface area (Å²) in [4.78, 5) is 31.0.